The molecule has 162 valence electrons. The Bertz CT molecular complexity index is 894. The summed E-state index contributed by atoms with van der Waals surface area (Å²) in [5.74, 6) is -0.487. The van der Waals surface area contributed by atoms with Crippen molar-refractivity contribution in [3.05, 3.63) is 64.4 Å². The van der Waals surface area contributed by atoms with Crippen LogP contribution >= 0.6 is 11.6 Å². The molecule has 5 nitrogen and oxygen atoms in total. The van der Waals surface area contributed by atoms with Crippen molar-refractivity contribution in [1.29, 1.82) is 0 Å². The summed E-state index contributed by atoms with van der Waals surface area (Å²) in [4.78, 5) is 27.1. The Labute approximate surface area is 182 Å². The van der Waals surface area contributed by atoms with Crippen molar-refractivity contribution in [2.24, 2.45) is 0 Å². The van der Waals surface area contributed by atoms with Crippen molar-refractivity contribution in [3.63, 3.8) is 0 Å². The van der Waals surface area contributed by atoms with E-state index in [0.29, 0.717) is 16.3 Å². The van der Waals surface area contributed by atoms with Crippen molar-refractivity contribution in [1.82, 2.24) is 10.2 Å². The molecule has 0 radical (unpaired) electrons. The normalized spacial score (nSPS) is 12.2. The second kappa shape index (κ2) is 9.94. The zero-order valence-electron chi connectivity index (χ0n) is 18.0. The molecule has 2 aromatic carbocycles. The predicted molar refractivity (Wildman–Crippen MR) is 116 cm³/mol. The molecule has 0 aromatic heterocycles. The predicted octanol–water partition coefficient (Wildman–Crippen LogP) is 4.50. The molecule has 0 aliphatic carbocycles. The topological polar surface area (TPSA) is 58.6 Å². The molecule has 1 atom stereocenters. The van der Waals surface area contributed by atoms with Gasteiger partial charge in [0.2, 0.25) is 5.91 Å². The summed E-state index contributed by atoms with van der Waals surface area (Å²) in [5.41, 5.74) is 1.11. The molecular weight excluding hydrogens is 407 g/mol. The fraction of sp³-hybridized carbons (Fsp3) is 0.391. The lowest BCUT2D eigenvalue weighted by molar-refractivity contribution is -0.142. The fourth-order valence-corrected chi connectivity index (χ4v) is 2.90. The van der Waals surface area contributed by atoms with Crippen molar-refractivity contribution < 1.29 is 18.7 Å². The Balaban J connectivity index is 2.17. The zero-order valence-corrected chi connectivity index (χ0v) is 18.7. The third kappa shape index (κ3) is 7.02. The lowest BCUT2D eigenvalue weighted by Gasteiger charge is -2.31. The number of carbonyl (C=O) groups is 2. The van der Waals surface area contributed by atoms with Crippen LogP contribution in [0.2, 0.25) is 5.02 Å². The standard InChI is InChI=1S/C23H28ClFN2O3/c1-15-12-19(10-11-20(15)24)30-14-21(28)27(13-17-6-8-18(25)9-7-17)16(2)22(29)26-23(3,4)5/h6-12,16H,13-14H2,1-5H3,(H,26,29)/t16-/m1/s1. The van der Waals surface area contributed by atoms with Gasteiger partial charge in [-0.2, -0.15) is 0 Å². The summed E-state index contributed by atoms with van der Waals surface area (Å²) in [6, 6.07) is 10.2. The summed E-state index contributed by atoms with van der Waals surface area (Å²) < 4.78 is 18.9. The highest BCUT2D eigenvalue weighted by Gasteiger charge is 2.28. The van der Waals surface area contributed by atoms with E-state index in [4.69, 9.17) is 16.3 Å². The smallest absolute Gasteiger partial charge is 0.261 e. The molecule has 0 aliphatic heterocycles. The van der Waals surface area contributed by atoms with Gasteiger partial charge in [0.1, 0.15) is 17.6 Å². The van der Waals surface area contributed by atoms with E-state index in [0.717, 1.165) is 5.56 Å². The molecule has 0 unspecified atom stereocenters. The zero-order chi connectivity index (χ0) is 22.5. The van der Waals surface area contributed by atoms with E-state index in [1.165, 1.54) is 17.0 Å². The van der Waals surface area contributed by atoms with E-state index in [1.54, 1.807) is 37.3 Å². The van der Waals surface area contributed by atoms with E-state index in [9.17, 15) is 14.0 Å². The summed E-state index contributed by atoms with van der Waals surface area (Å²) in [5, 5.41) is 3.50. The van der Waals surface area contributed by atoms with Crippen LogP contribution in [0.3, 0.4) is 0 Å². The molecule has 30 heavy (non-hydrogen) atoms. The Morgan fingerprint density at radius 2 is 1.80 bits per heavy atom. The minimum Gasteiger partial charge on any atom is -0.484 e. The second-order valence-electron chi connectivity index (χ2n) is 8.26. The number of ether oxygens (including phenoxy) is 1. The number of nitrogens with one attached hydrogen (secondary N) is 1. The monoisotopic (exact) mass is 434 g/mol. The number of carbonyl (C=O) groups excluding carboxylic acids is 2. The van der Waals surface area contributed by atoms with Crippen LogP contribution in [0, 0.1) is 12.7 Å². The first-order valence-corrected chi connectivity index (χ1v) is 10.1. The Hall–Kier alpha value is -2.60. The largest absolute Gasteiger partial charge is 0.484 e. The van der Waals surface area contributed by atoms with Crippen LogP contribution in [-0.4, -0.2) is 34.9 Å². The minimum atomic E-state index is -0.739. The molecular formula is C23H28ClFN2O3. The molecule has 0 aliphatic rings. The highest BCUT2D eigenvalue weighted by atomic mass is 35.5. The van der Waals surface area contributed by atoms with E-state index < -0.39 is 11.6 Å². The molecule has 0 spiro atoms. The highest BCUT2D eigenvalue weighted by molar-refractivity contribution is 6.31. The molecule has 1 N–H and O–H groups in total. The second-order valence-corrected chi connectivity index (χ2v) is 8.67. The minimum absolute atomic E-state index is 0.154. The molecule has 2 rings (SSSR count). The maximum absolute atomic E-state index is 13.3. The van der Waals surface area contributed by atoms with Crippen LogP contribution in [0.4, 0.5) is 4.39 Å². The van der Waals surface area contributed by atoms with Gasteiger partial charge in [0.15, 0.2) is 6.61 Å². The fourth-order valence-electron chi connectivity index (χ4n) is 2.78. The quantitative estimate of drug-likeness (QED) is 0.698. The third-order valence-electron chi connectivity index (χ3n) is 4.42. The molecule has 2 amide bonds. The average molecular weight is 435 g/mol. The number of aryl methyl sites for hydroxylation is 1. The maximum Gasteiger partial charge on any atom is 0.261 e. The van der Waals surface area contributed by atoms with Gasteiger partial charge in [0.25, 0.3) is 5.91 Å². The Morgan fingerprint density at radius 1 is 1.17 bits per heavy atom. The molecule has 0 heterocycles. The molecule has 0 saturated carbocycles. The number of benzene rings is 2. The maximum atomic E-state index is 13.3. The summed E-state index contributed by atoms with van der Waals surface area (Å²) in [7, 11) is 0. The first kappa shape index (κ1) is 23.7. The summed E-state index contributed by atoms with van der Waals surface area (Å²) >= 11 is 6.02. The Morgan fingerprint density at radius 3 is 2.37 bits per heavy atom. The SMILES string of the molecule is Cc1cc(OCC(=O)N(Cc2ccc(F)cc2)[C@H](C)C(=O)NC(C)(C)C)ccc1Cl. The summed E-state index contributed by atoms with van der Waals surface area (Å²) in [6.07, 6.45) is 0. The van der Waals surface area contributed by atoms with Crippen molar-refractivity contribution in [3.8, 4) is 5.75 Å². The highest BCUT2D eigenvalue weighted by Crippen LogP contribution is 2.21. The lowest BCUT2D eigenvalue weighted by Crippen LogP contribution is -2.53. The molecule has 0 bridgehead atoms. The van der Waals surface area contributed by atoms with Gasteiger partial charge in [0.05, 0.1) is 0 Å². The lowest BCUT2D eigenvalue weighted by atomic mass is 10.1. The van der Waals surface area contributed by atoms with Crippen molar-refractivity contribution in [2.45, 2.75) is 52.7 Å². The van der Waals surface area contributed by atoms with E-state index in [2.05, 4.69) is 5.32 Å². The van der Waals surface area contributed by atoms with Crippen LogP contribution in [0.1, 0.15) is 38.8 Å². The Kier molecular flexibility index (Phi) is 7.84. The van der Waals surface area contributed by atoms with Crippen LogP contribution in [0.15, 0.2) is 42.5 Å². The van der Waals surface area contributed by atoms with Gasteiger partial charge in [-0.05, 0) is 76.1 Å². The number of rotatable bonds is 7. The first-order chi connectivity index (χ1) is 14.0. The molecule has 0 fully saturated rings. The number of hydrogen-bond donors (Lipinski definition) is 1. The van der Waals surface area contributed by atoms with Crippen molar-refractivity contribution >= 4 is 23.4 Å². The van der Waals surface area contributed by atoms with E-state index >= 15 is 0 Å². The van der Waals surface area contributed by atoms with Gasteiger partial charge < -0.3 is 15.0 Å². The number of nitrogens with zero attached hydrogens (tertiary/aromatic N) is 1. The van der Waals surface area contributed by atoms with Crippen LogP contribution in [-0.2, 0) is 16.1 Å². The van der Waals surface area contributed by atoms with Gasteiger partial charge in [-0.25, -0.2) is 4.39 Å². The molecule has 2 aromatic rings. The van der Waals surface area contributed by atoms with Crippen molar-refractivity contribution in [2.75, 3.05) is 6.61 Å². The first-order valence-electron chi connectivity index (χ1n) is 9.71. The summed E-state index contributed by atoms with van der Waals surface area (Å²) in [6.45, 7) is 9.03. The van der Waals surface area contributed by atoms with Gasteiger partial charge in [-0.3, -0.25) is 9.59 Å². The van der Waals surface area contributed by atoms with E-state index in [-0.39, 0.29) is 30.8 Å². The van der Waals surface area contributed by atoms with Crippen LogP contribution in [0.25, 0.3) is 0 Å². The number of amides is 2. The third-order valence-corrected chi connectivity index (χ3v) is 4.85. The van der Waals surface area contributed by atoms with Gasteiger partial charge in [-0.15, -0.1) is 0 Å². The molecule has 7 heteroatoms. The number of halogens is 2. The van der Waals surface area contributed by atoms with E-state index in [1.807, 2.05) is 27.7 Å². The van der Waals surface area contributed by atoms with Gasteiger partial charge in [-0.1, -0.05) is 23.7 Å². The van der Waals surface area contributed by atoms with Gasteiger partial charge in [0, 0.05) is 17.1 Å². The molecule has 0 saturated heterocycles. The van der Waals surface area contributed by atoms with Gasteiger partial charge >= 0.3 is 0 Å². The van der Waals surface area contributed by atoms with Crippen LogP contribution in [0.5, 0.6) is 5.75 Å². The average Bonchev–Trinajstić information content (AvgIpc) is 2.66. The number of hydrogen-bond acceptors (Lipinski definition) is 3. The van der Waals surface area contributed by atoms with Crippen LogP contribution < -0.4 is 10.1 Å².